The van der Waals surface area contributed by atoms with Gasteiger partial charge in [-0.15, -0.1) is 0 Å². The number of benzene rings is 2. The fourth-order valence-electron chi connectivity index (χ4n) is 4.54. The van der Waals surface area contributed by atoms with Gasteiger partial charge in [0.2, 0.25) is 0 Å². The van der Waals surface area contributed by atoms with Crippen molar-refractivity contribution in [1.29, 1.82) is 0 Å². The first-order valence-electron chi connectivity index (χ1n) is 13.8. The third-order valence-corrected chi connectivity index (χ3v) is 6.87. The van der Waals surface area contributed by atoms with Crippen molar-refractivity contribution in [2.75, 3.05) is 18.0 Å². The number of carbonyl (C=O) groups is 1. The quantitative estimate of drug-likeness (QED) is 0.111. The van der Waals surface area contributed by atoms with E-state index in [-0.39, 0.29) is 28.4 Å². The van der Waals surface area contributed by atoms with Crippen LogP contribution in [-0.2, 0) is 19.3 Å². The molecule has 1 amide bonds. The van der Waals surface area contributed by atoms with Crippen molar-refractivity contribution in [2.24, 2.45) is 10.7 Å². The number of unbranched alkanes of at least 4 members (excludes halogenated alkanes) is 1. The van der Waals surface area contributed by atoms with Crippen LogP contribution < -0.4 is 27.8 Å². The Labute approximate surface area is 242 Å². The van der Waals surface area contributed by atoms with Crippen LogP contribution in [0.3, 0.4) is 0 Å². The molecule has 3 rings (SSSR count). The first-order valence-corrected chi connectivity index (χ1v) is 14.2. The first kappa shape index (κ1) is 30.8. The van der Waals surface area contributed by atoms with Crippen LogP contribution in [0, 0.1) is 0 Å². The minimum atomic E-state index is -0.642. The molecule has 0 aliphatic rings. The Morgan fingerprint density at radius 3 is 2.20 bits per heavy atom. The first-order chi connectivity index (χ1) is 19.2. The molecule has 40 heavy (non-hydrogen) atoms. The van der Waals surface area contributed by atoms with Crippen molar-refractivity contribution >= 4 is 35.1 Å². The molecule has 8 N–H and O–H groups in total. The molecule has 0 spiro atoms. The monoisotopic (exact) mass is 564 g/mol. The summed E-state index contributed by atoms with van der Waals surface area (Å²) < 4.78 is 0. The van der Waals surface area contributed by atoms with Crippen LogP contribution >= 0.6 is 11.6 Å². The number of carbonyl (C=O) groups excluding carboxylic acids is 1. The van der Waals surface area contributed by atoms with E-state index in [2.05, 4.69) is 94.0 Å². The lowest BCUT2D eigenvalue weighted by Crippen LogP contribution is -2.38. The topological polar surface area (TPSA) is 157 Å². The van der Waals surface area contributed by atoms with Crippen LogP contribution in [0.1, 0.15) is 66.7 Å². The third-order valence-electron chi connectivity index (χ3n) is 6.60. The maximum absolute atomic E-state index is 12.3. The number of nitrogen functional groups attached to an aromatic ring is 2. The summed E-state index contributed by atoms with van der Waals surface area (Å²) in [6.45, 7) is 5.02. The summed E-state index contributed by atoms with van der Waals surface area (Å²) in [7, 11) is 0. The second-order valence-electron chi connectivity index (χ2n) is 10.2. The van der Waals surface area contributed by atoms with E-state index in [1.807, 2.05) is 0 Å². The van der Waals surface area contributed by atoms with Gasteiger partial charge in [-0.25, -0.2) is 9.97 Å². The standard InChI is InChI=1S/C30H41ClN8O/c1-20(36-21(2)19-24-11-4-3-5-12-24)9-8-13-23-16-14-22(15-17-23)10-6-7-18-35-30(34)39-29(40)25-27(32)38-28(33)26(31)37-25/h3-5,11-12,14-17,20-21,36H,6-10,13,18-19H2,1-2H3,(H4,32,33,38)(H3,34,35,39,40)/t20-,21-/m0/s1. The van der Waals surface area contributed by atoms with Gasteiger partial charge in [0.05, 0.1) is 0 Å². The Hall–Kier alpha value is -3.69. The van der Waals surface area contributed by atoms with Gasteiger partial charge in [0.15, 0.2) is 28.4 Å². The van der Waals surface area contributed by atoms with Gasteiger partial charge in [0.1, 0.15) is 0 Å². The number of aryl methyl sites for hydroxylation is 2. The maximum atomic E-state index is 12.3. The number of amides is 1. The van der Waals surface area contributed by atoms with E-state index in [0.717, 1.165) is 44.9 Å². The highest BCUT2D eigenvalue weighted by molar-refractivity contribution is 6.31. The lowest BCUT2D eigenvalue weighted by Gasteiger charge is -2.20. The SMILES string of the molecule is C[C@@H](CCCc1ccc(CCCCN=C(N)NC(=O)c2nc(Cl)c(N)nc2N)cc1)N[C@@H](C)Cc1ccccc1. The molecule has 1 heterocycles. The number of nitrogens with zero attached hydrogens (tertiary/aromatic N) is 3. The highest BCUT2D eigenvalue weighted by atomic mass is 35.5. The Morgan fingerprint density at radius 1 is 0.875 bits per heavy atom. The molecular formula is C30H41ClN8O. The average Bonchev–Trinajstić information content (AvgIpc) is 2.91. The average molecular weight is 565 g/mol. The summed E-state index contributed by atoms with van der Waals surface area (Å²) in [5.41, 5.74) is 20.9. The number of rotatable bonds is 14. The second kappa shape index (κ2) is 15.8. The highest BCUT2D eigenvalue weighted by Gasteiger charge is 2.16. The van der Waals surface area contributed by atoms with Crippen molar-refractivity contribution in [2.45, 2.75) is 70.9 Å². The minimum Gasteiger partial charge on any atom is -0.382 e. The Balaban J connectivity index is 1.30. The fourth-order valence-corrected chi connectivity index (χ4v) is 4.67. The number of aliphatic imine (C=N–C) groups is 1. The number of aromatic nitrogens is 2. The molecule has 1 aromatic heterocycles. The van der Waals surface area contributed by atoms with Crippen LogP contribution in [0.15, 0.2) is 59.6 Å². The number of hydrogen-bond donors (Lipinski definition) is 5. The zero-order valence-corrected chi connectivity index (χ0v) is 24.1. The lowest BCUT2D eigenvalue weighted by atomic mass is 10.0. The van der Waals surface area contributed by atoms with Gasteiger partial charge in [-0.1, -0.05) is 66.2 Å². The molecule has 0 saturated heterocycles. The molecule has 0 unspecified atom stereocenters. The zero-order chi connectivity index (χ0) is 28.9. The van der Waals surface area contributed by atoms with Gasteiger partial charge >= 0.3 is 0 Å². The lowest BCUT2D eigenvalue weighted by molar-refractivity contribution is 0.0972. The molecule has 0 radical (unpaired) electrons. The normalized spacial score (nSPS) is 13.1. The van der Waals surface area contributed by atoms with Gasteiger partial charge in [-0.3, -0.25) is 15.1 Å². The molecule has 0 bridgehead atoms. The number of nitrogens with one attached hydrogen (secondary N) is 2. The van der Waals surface area contributed by atoms with Crippen molar-refractivity contribution in [3.63, 3.8) is 0 Å². The van der Waals surface area contributed by atoms with Gasteiger partial charge in [0.25, 0.3) is 5.91 Å². The van der Waals surface area contributed by atoms with Gasteiger partial charge in [-0.05, 0) is 75.5 Å². The van der Waals surface area contributed by atoms with Crippen molar-refractivity contribution in [3.8, 4) is 0 Å². The number of nitrogens with two attached hydrogens (primary N) is 3. The fraction of sp³-hybridized carbons (Fsp3) is 0.400. The van der Waals surface area contributed by atoms with E-state index < -0.39 is 5.91 Å². The molecule has 214 valence electrons. The molecule has 0 aliphatic heterocycles. The van der Waals surface area contributed by atoms with E-state index in [0.29, 0.717) is 18.6 Å². The van der Waals surface area contributed by atoms with E-state index in [1.54, 1.807) is 0 Å². The van der Waals surface area contributed by atoms with Gasteiger partial charge in [0, 0.05) is 18.6 Å². The molecule has 2 atom stereocenters. The van der Waals surface area contributed by atoms with Crippen LogP contribution in [0.5, 0.6) is 0 Å². The Kier molecular flexibility index (Phi) is 12.2. The number of hydrogen-bond acceptors (Lipinski definition) is 7. The predicted octanol–water partition coefficient (Wildman–Crippen LogP) is 4.29. The molecule has 0 fully saturated rings. The molecule has 0 saturated carbocycles. The van der Waals surface area contributed by atoms with Crippen molar-refractivity contribution in [3.05, 3.63) is 82.1 Å². The smallest absolute Gasteiger partial charge is 0.280 e. The van der Waals surface area contributed by atoms with E-state index in [1.165, 1.54) is 16.7 Å². The second-order valence-corrected chi connectivity index (χ2v) is 10.5. The van der Waals surface area contributed by atoms with Crippen molar-refractivity contribution in [1.82, 2.24) is 20.6 Å². The van der Waals surface area contributed by atoms with Gasteiger partial charge < -0.3 is 22.5 Å². The number of halogens is 1. The largest absolute Gasteiger partial charge is 0.382 e. The minimum absolute atomic E-state index is 0.0151. The number of guanidine groups is 1. The molecule has 3 aromatic rings. The zero-order valence-electron chi connectivity index (χ0n) is 23.4. The summed E-state index contributed by atoms with van der Waals surface area (Å²) >= 11 is 5.82. The van der Waals surface area contributed by atoms with Gasteiger partial charge in [-0.2, -0.15) is 0 Å². The summed E-state index contributed by atoms with van der Waals surface area (Å²) in [5, 5.41) is 6.07. The molecule has 9 nitrogen and oxygen atoms in total. The summed E-state index contributed by atoms with van der Waals surface area (Å²) in [5.74, 6) is -0.834. The third kappa shape index (κ3) is 10.5. The van der Waals surface area contributed by atoms with Crippen molar-refractivity contribution < 1.29 is 4.79 Å². The highest BCUT2D eigenvalue weighted by Crippen LogP contribution is 2.17. The maximum Gasteiger partial charge on any atom is 0.280 e. The Bertz CT molecular complexity index is 1250. The van der Waals surface area contributed by atoms with Crippen LogP contribution in [-0.4, -0.2) is 40.5 Å². The molecule has 2 aromatic carbocycles. The van der Waals surface area contributed by atoms with Crippen LogP contribution in [0.2, 0.25) is 5.15 Å². The number of anilines is 2. The molecular weight excluding hydrogens is 524 g/mol. The summed E-state index contributed by atoms with van der Waals surface area (Å²) in [6.07, 6.45) is 7.19. The van der Waals surface area contributed by atoms with E-state index in [9.17, 15) is 4.79 Å². The Morgan fingerprint density at radius 2 is 1.52 bits per heavy atom. The molecule has 10 heteroatoms. The molecule has 0 aliphatic carbocycles. The van der Waals surface area contributed by atoms with Crippen LogP contribution in [0.25, 0.3) is 0 Å². The predicted molar refractivity (Wildman–Crippen MR) is 164 cm³/mol. The van der Waals surface area contributed by atoms with E-state index >= 15 is 0 Å². The summed E-state index contributed by atoms with van der Waals surface area (Å²) in [6, 6.07) is 20.5. The van der Waals surface area contributed by atoms with Crippen LogP contribution in [0.4, 0.5) is 11.6 Å². The summed E-state index contributed by atoms with van der Waals surface area (Å²) in [4.78, 5) is 24.1. The van der Waals surface area contributed by atoms with E-state index in [4.69, 9.17) is 28.8 Å².